The summed E-state index contributed by atoms with van der Waals surface area (Å²) in [5, 5.41) is 9.48. The van der Waals surface area contributed by atoms with Crippen molar-refractivity contribution in [2.45, 2.75) is 19.9 Å². The summed E-state index contributed by atoms with van der Waals surface area (Å²) in [6, 6.07) is 19.8. The summed E-state index contributed by atoms with van der Waals surface area (Å²) in [4.78, 5) is 0. The van der Waals surface area contributed by atoms with E-state index in [9.17, 15) is 5.26 Å². The van der Waals surface area contributed by atoms with Crippen LogP contribution in [0.5, 0.6) is 11.5 Å². The van der Waals surface area contributed by atoms with Crippen LogP contribution in [0.2, 0.25) is 0 Å². The van der Waals surface area contributed by atoms with Crippen LogP contribution in [0.3, 0.4) is 0 Å². The lowest BCUT2D eigenvalue weighted by Gasteiger charge is -2.14. The van der Waals surface area contributed by atoms with Gasteiger partial charge in [-0.25, -0.2) is 0 Å². The lowest BCUT2D eigenvalue weighted by molar-refractivity contribution is 0.278. The van der Waals surface area contributed by atoms with E-state index >= 15 is 0 Å². The van der Waals surface area contributed by atoms with Gasteiger partial charge in [-0.2, -0.15) is 5.26 Å². The lowest BCUT2D eigenvalue weighted by Crippen LogP contribution is -2.13. The first-order valence-electron chi connectivity index (χ1n) is 8.81. The fourth-order valence-electron chi connectivity index (χ4n) is 3.16. The molecule has 0 unspecified atom stereocenters. The Morgan fingerprint density at radius 1 is 1.07 bits per heavy atom. The van der Waals surface area contributed by atoms with Crippen LogP contribution in [0.25, 0.3) is 0 Å². The molecule has 2 aromatic carbocycles. The third-order valence-electron chi connectivity index (χ3n) is 4.45. The highest BCUT2D eigenvalue weighted by molar-refractivity contribution is 5.52. The Labute approximate surface area is 159 Å². The second kappa shape index (κ2) is 8.33. The van der Waals surface area contributed by atoms with Crippen molar-refractivity contribution in [3.63, 3.8) is 0 Å². The third-order valence-corrected chi connectivity index (χ3v) is 4.45. The van der Waals surface area contributed by atoms with Crippen LogP contribution >= 0.6 is 0 Å². The van der Waals surface area contributed by atoms with Gasteiger partial charge < -0.3 is 19.8 Å². The molecular weight excluding hydrogens is 338 g/mol. The van der Waals surface area contributed by atoms with Gasteiger partial charge in [-0.1, -0.05) is 42.0 Å². The Morgan fingerprint density at radius 3 is 2.56 bits per heavy atom. The smallest absolute Gasteiger partial charge is 0.161 e. The van der Waals surface area contributed by atoms with Gasteiger partial charge in [0.25, 0.3) is 0 Å². The molecule has 0 radical (unpaired) electrons. The maximum Gasteiger partial charge on any atom is 0.161 e. The van der Waals surface area contributed by atoms with Gasteiger partial charge in [0.1, 0.15) is 18.4 Å². The van der Waals surface area contributed by atoms with E-state index in [2.05, 4.69) is 31.2 Å². The molecule has 5 heteroatoms. The summed E-state index contributed by atoms with van der Waals surface area (Å²) in [7, 11) is 1.61. The number of nitrogens with zero attached hydrogens (tertiary/aromatic N) is 2. The van der Waals surface area contributed by atoms with Gasteiger partial charge in [0.2, 0.25) is 0 Å². The standard InChI is InChI=1S/C22H23N3O2/c1-16-6-5-7-17(12-16)13-20-19(24)14-18(15-23)25(20)10-11-27-22-9-4-3-8-21(22)26-2/h3-9,12,14H,10-11,13,24H2,1-2H3. The van der Waals surface area contributed by atoms with Gasteiger partial charge >= 0.3 is 0 Å². The van der Waals surface area contributed by atoms with Crippen molar-refractivity contribution >= 4 is 5.69 Å². The number of hydrogen-bond acceptors (Lipinski definition) is 4. The van der Waals surface area contributed by atoms with E-state index in [-0.39, 0.29) is 0 Å². The van der Waals surface area contributed by atoms with Crippen LogP contribution in [-0.4, -0.2) is 18.3 Å². The SMILES string of the molecule is COc1ccccc1OCCn1c(C#N)cc(N)c1Cc1cccc(C)c1. The summed E-state index contributed by atoms with van der Waals surface area (Å²) in [6.07, 6.45) is 0.670. The Hall–Kier alpha value is -3.39. The van der Waals surface area contributed by atoms with Gasteiger partial charge in [0.15, 0.2) is 11.5 Å². The predicted molar refractivity (Wildman–Crippen MR) is 106 cm³/mol. The molecule has 2 N–H and O–H groups in total. The summed E-state index contributed by atoms with van der Waals surface area (Å²) in [5.41, 5.74) is 10.7. The number of hydrogen-bond donors (Lipinski definition) is 1. The predicted octanol–water partition coefficient (Wildman–Crippen LogP) is 3.93. The van der Waals surface area contributed by atoms with Crippen LogP contribution in [-0.2, 0) is 13.0 Å². The van der Waals surface area contributed by atoms with Gasteiger partial charge in [-0.15, -0.1) is 0 Å². The molecule has 0 saturated carbocycles. The molecule has 0 amide bonds. The summed E-state index contributed by atoms with van der Waals surface area (Å²) < 4.78 is 13.1. The monoisotopic (exact) mass is 361 g/mol. The second-order valence-electron chi connectivity index (χ2n) is 6.36. The maximum atomic E-state index is 9.48. The van der Waals surface area contributed by atoms with Crippen molar-refractivity contribution in [1.29, 1.82) is 5.26 Å². The fourth-order valence-corrected chi connectivity index (χ4v) is 3.16. The van der Waals surface area contributed by atoms with Crippen molar-refractivity contribution in [3.05, 3.63) is 77.1 Å². The zero-order chi connectivity index (χ0) is 19.2. The van der Waals surface area contributed by atoms with E-state index in [1.165, 1.54) is 5.56 Å². The highest BCUT2D eigenvalue weighted by Gasteiger charge is 2.14. The number of aryl methyl sites for hydroxylation is 1. The number of anilines is 1. The summed E-state index contributed by atoms with van der Waals surface area (Å²) in [5.74, 6) is 1.36. The van der Waals surface area contributed by atoms with Crippen LogP contribution in [0.4, 0.5) is 5.69 Å². The summed E-state index contributed by atoms with van der Waals surface area (Å²) >= 11 is 0. The Morgan fingerprint density at radius 2 is 1.85 bits per heavy atom. The average molecular weight is 361 g/mol. The van der Waals surface area contributed by atoms with Gasteiger partial charge in [-0.3, -0.25) is 0 Å². The Kier molecular flexibility index (Phi) is 5.68. The topological polar surface area (TPSA) is 73.2 Å². The van der Waals surface area contributed by atoms with E-state index in [1.807, 2.05) is 34.9 Å². The number of aromatic nitrogens is 1. The third kappa shape index (κ3) is 4.24. The van der Waals surface area contributed by atoms with Crippen molar-refractivity contribution in [1.82, 2.24) is 4.57 Å². The van der Waals surface area contributed by atoms with E-state index in [0.717, 1.165) is 11.3 Å². The van der Waals surface area contributed by atoms with Gasteiger partial charge in [0, 0.05) is 12.1 Å². The molecule has 1 heterocycles. The minimum absolute atomic E-state index is 0.407. The first kappa shape index (κ1) is 18.4. The molecule has 0 atom stereocenters. The molecule has 0 aliphatic carbocycles. The quantitative estimate of drug-likeness (QED) is 0.692. The lowest BCUT2D eigenvalue weighted by atomic mass is 10.1. The molecule has 3 aromatic rings. The molecule has 0 aliphatic rings. The average Bonchev–Trinajstić information content (AvgIpc) is 2.97. The first-order chi connectivity index (χ1) is 13.1. The molecular formula is C22H23N3O2. The minimum Gasteiger partial charge on any atom is -0.493 e. The van der Waals surface area contributed by atoms with E-state index in [0.29, 0.717) is 42.5 Å². The summed E-state index contributed by atoms with van der Waals surface area (Å²) in [6.45, 7) is 3.00. The van der Waals surface area contributed by atoms with Crippen LogP contribution in [0.15, 0.2) is 54.6 Å². The zero-order valence-electron chi connectivity index (χ0n) is 15.6. The van der Waals surface area contributed by atoms with Gasteiger partial charge in [-0.05, 0) is 30.7 Å². The molecule has 0 bridgehead atoms. The van der Waals surface area contributed by atoms with Gasteiger partial charge in [0.05, 0.1) is 19.3 Å². The highest BCUT2D eigenvalue weighted by Crippen LogP contribution is 2.26. The molecule has 138 valence electrons. The number of benzene rings is 2. The van der Waals surface area contributed by atoms with Crippen molar-refractivity contribution < 1.29 is 9.47 Å². The molecule has 0 spiro atoms. The minimum atomic E-state index is 0.407. The number of methoxy groups -OCH3 is 1. The first-order valence-corrected chi connectivity index (χ1v) is 8.81. The zero-order valence-corrected chi connectivity index (χ0v) is 15.6. The highest BCUT2D eigenvalue weighted by atomic mass is 16.5. The molecule has 5 nitrogen and oxygen atoms in total. The Balaban J connectivity index is 1.79. The van der Waals surface area contributed by atoms with Crippen LogP contribution in [0.1, 0.15) is 22.5 Å². The fraction of sp³-hybridized carbons (Fsp3) is 0.227. The number of para-hydroxylation sites is 2. The number of nitrogen functional groups attached to an aromatic ring is 1. The van der Waals surface area contributed by atoms with Crippen LogP contribution in [0, 0.1) is 18.3 Å². The second-order valence-corrected chi connectivity index (χ2v) is 6.36. The largest absolute Gasteiger partial charge is 0.493 e. The maximum absolute atomic E-state index is 9.48. The van der Waals surface area contributed by atoms with Crippen molar-refractivity contribution in [2.75, 3.05) is 19.5 Å². The number of nitriles is 1. The number of rotatable bonds is 7. The van der Waals surface area contributed by atoms with E-state index in [1.54, 1.807) is 13.2 Å². The Bertz CT molecular complexity index is 970. The molecule has 0 aliphatic heterocycles. The van der Waals surface area contributed by atoms with Crippen LogP contribution < -0.4 is 15.2 Å². The number of nitrogens with two attached hydrogens (primary N) is 1. The molecule has 0 fully saturated rings. The molecule has 1 aromatic heterocycles. The normalized spacial score (nSPS) is 10.4. The molecule has 27 heavy (non-hydrogen) atoms. The van der Waals surface area contributed by atoms with Crippen molar-refractivity contribution in [2.24, 2.45) is 0 Å². The molecule has 0 saturated heterocycles. The van der Waals surface area contributed by atoms with E-state index in [4.69, 9.17) is 15.2 Å². The molecule has 3 rings (SSSR count). The van der Waals surface area contributed by atoms with E-state index < -0.39 is 0 Å². The van der Waals surface area contributed by atoms with Crippen molar-refractivity contribution in [3.8, 4) is 17.6 Å². The number of ether oxygens (including phenoxy) is 2.